The first-order chi connectivity index (χ1) is 10.9. The molecular weight excluding hydrogens is 320 g/mol. The SMILES string of the molecule is COc1ccc(S(=O)(=O)NCCN(C(C)=O)C2CC2)cc1OC. The van der Waals surface area contributed by atoms with Crippen LogP contribution in [-0.2, 0) is 14.8 Å². The number of carbonyl (C=O) groups is 1. The Morgan fingerprint density at radius 1 is 1.26 bits per heavy atom. The van der Waals surface area contributed by atoms with Gasteiger partial charge in [0, 0.05) is 32.1 Å². The van der Waals surface area contributed by atoms with Crippen LogP contribution in [0.5, 0.6) is 11.5 Å². The van der Waals surface area contributed by atoms with Crippen molar-refractivity contribution in [3.63, 3.8) is 0 Å². The second-order valence-electron chi connectivity index (χ2n) is 5.36. The maximum atomic E-state index is 12.3. The van der Waals surface area contributed by atoms with E-state index in [9.17, 15) is 13.2 Å². The second kappa shape index (κ2) is 7.18. The summed E-state index contributed by atoms with van der Waals surface area (Å²) in [5.74, 6) is 0.777. The fraction of sp³-hybridized carbons (Fsp3) is 0.533. The third kappa shape index (κ3) is 4.35. The fourth-order valence-electron chi connectivity index (χ4n) is 2.35. The van der Waals surface area contributed by atoms with Crippen molar-refractivity contribution in [2.45, 2.75) is 30.7 Å². The van der Waals surface area contributed by atoms with Crippen LogP contribution in [0.4, 0.5) is 0 Å². The van der Waals surface area contributed by atoms with Crippen LogP contribution in [-0.4, -0.2) is 52.6 Å². The van der Waals surface area contributed by atoms with Gasteiger partial charge in [-0.2, -0.15) is 0 Å². The first kappa shape index (κ1) is 17.6. The van der Waals surface area contributed by atoms with Crippen molar-refractivity contribution in [2.75, 3.05) is 27.3 Å². The van der Waals surface area contributed by atoms with Crippen LogP contribution in [0.2, 0.25) is 0 Å². The molecule has 1 fully saturated rings. The highest BCUT2D eigenvalue weighted by Gasteiger charge is 2.30. The highest BCUT2D eigenvalue weighted by Crippen LogP contribution is 2.29. The number of rotatable bonds is 8. The van der Waals surface area contributed by atoms with Gasteiger partial charge in [-0.1, -0.05) is 0 Å². The third-order valence-corrected chi connectivity index (χ3v) is 5.16. The zero-order valence-corrected chi connectivity index (χ0v) is 14.4. The quantitative estimate of drug-likeness (QED) is 0.762. The fourth-order valence-corrected chi connectivity index (χ4v) is 3.39. The zero-order chi connectivity index (χ0) is 17.0. The van der Waals surface area contributed by atoms with E-state index in [4.69, 9.17) is 9.47 Å². The van der Waals surface area contributed by atoms with Crippen LogP contribution in [0.15, 0.2) is 23.1 Å². The molecule has 7 nitrogen and oxygen atoms in total. The van der Waals surface area contributed by atoms with E-state index in [1.807, 2.05) is 0 Å². The molecule has 1 saturated carbocycles. The van der Waals surface area contributed by atoms with Crippen LogP contribution >= 0.6 is 0 Å². The van der Waals surface area contributed by atoms with Crippen molar-refractivity contribution in [1.29, 1.82) is 0 Å². The Morgan fingerprint density at radius 3 is 2.43 bits per heavy atom. The van der Waals surface area contributed by atoms with Gasteiger partial charge < -0.3 is 14.4 Å². The molecule has 0 unspecified atom stereocenters. The Kier molecular flexibility index (Phi) is 5.48. The van der Waals surface area contributed by atoms with E-state index in [0.29, 0.717) is 18.0 Å². The zero-order valence-electron chi connectivity index (χ0n) is 13.5. The van der Waals surface area contributed by atoms with E-state index in [1.54, 1.807) is 11.0 Å². The molecule has 0 spiro atoms. The maximum absolute atomic E-state index is 12.3. The Balaban J connectivity index is 2.02. The Labute approximate surface area is 136 Å². The molecule has 1 N–H and O–H groups in total. The molecule has 0 saturated heterocycles. The van der Waals surface area contributed by atoms with Gasteiger partial charge in [-0.05, 0) is 25.0 Å². The number of methoxy groups -OCH3 is 2. The minimum atomic E-state index is -3.67. The molecule has 128 valence electrons. The van der Waals surface area contributed by atoms with Crippen molar-refractivity contribution in [2.24, 2.45) is 0 Å². The molecule has 1 aliphatic rings. The summed E-state index contributed by atoms with van der Waals surface area (Å²) in [5.41, 5.74) is 0. The number of sulfonamides is 1. The molecule has 1 aromatic rings. The molecule has 0 radical (unpaired) electrons. The topological polar surface area (TPSA) is 84.9 Å². The van der Waals surface area contributed by atoms with Crippen molar-refractivity contribution < 1.29 is 22.7 Å². The molecular formula is C15H22N2O5S. The number of nitrogens with zero attached hydrogens (tertiary/aromatic N) is 1. The van der Waals surface area contributed by atoms with E-state index < -0.39 is 10.0 Å². The monoisotopic (exact) mass is 342 g/mol. The summed E-state index contributed by atoms with van der Waals surface area (Å²) < 4.78 is 37.4. The lowest BCUT2D eigenvalue weighted by atomic mass is 10.3. The lowest BCUT2D eigenvalue weighted by molar-refractivity contribution is -0.129. The second-order valence-corrected chi connectivity index (χ2v) is 7.13. The van der Waals surface area contributed by atoms with Crippen LogP contribution in [0, 0.1) is 0 Å². The summed E-state index contributed by atoms with van der Waals surface area (Å²) in [5, 5.41) is 0. The number of hydrogen-bond donors (Lipinski definition) is 1. The third-order valence-electron chi connectivity index (χ3n) is 3.70. The van der Waals surface area contributed by atoms with E-state index in [-0.39, 0.29) is 23.4 Å². The number of amides is 1. The van der Waals surface area contributed by atoms with Crippen molar-refractivity contribution in [1.82, 2.24) is 9.62 Å². The molecule has 0 aromatic heterocycles. The smallest absolute Gasteiger partial charge is 0.240 e. The summed E-state index contributed by atoms with van der Waals surface area (Å²) in [6.45, 7) is 2.04. The summed E-state index contributed by atoms with van der Waals surface area (Å²) in [6.07, 6.45) is 1.98. The molecule has 1 aliphatic carbocycles. The van der Waals surface area contributed by atoms with Crippen molar-refractivity contribution >= 4 is 15.9 Å². The van der Waals surface area contributed by atoms with Gasteiger partial charge in [0.15, 0.2) is 11.5 Å². The van der Waals surface area contributed by atoms with Gasteiger partial charge in [-0.3, -0.25) is 4.79 Å². The molecule has 1 amide bonds. The van der Waals surface area contributed by atoms with Crippen LogP contribution in [0.1, 0.15) is 19.8 Å². The molecule has 0 bridgehead atoms. The largest absolute Gasteiger partial charge is 0.493 e. The molecule has 23 heavy (non-hydrogen) atoms. The van der Waals surface area contributed by atoms with E-state index in [1.165, 1.54) is 33.3 Å². The highest BCUT2D eigenvalue weighted by atomic mass is 32.2. The first-order valence-corrected chi connectivity index (χ1v) is 8.86. The predicted octanol–water partition coefficient (Wildman–Crippen LogP) is 0.993. The van der Waals surface area contributed by atoms with E-state index in [0.717, 1.165) is 12.8 Å². The molecule has 0 atom stereocenters. The average molecular weight is 342 g/mol. The van der Waals surface area contributed by atoms with Gasteiger partial charge in [0.1, 0.15) is 0 Å². The van der Waals surface area contributed by atoms with Gasteiger partial charge in [-0.15, -0.1) is 0 Å². The molecule has 1 aromatic carbocycles. The number of hydrogen-bond acceptors (Lipinski definition) is 5. The molecule has 2 rings (SSSR count). The van der Waals surface area contributed by atoms with Crippen LogP contribution < -0.4 is 14.2 Å². The molecule has 8 heteroatoms. The Morgan fingerprint density at radius 2 is 1.91 bits per heavy atom. The normalized spacial score (nSPS) is 14.4. The Bertz CT molecular complexity index is 670. The predicted molar refractivity (Wildman–Crippen MR) is 85.1 cm³/mol. The summed E-state index contributed by atoms with van der Waals surface area (Å²) >= 11 is 0. The lowest BCUT2D eigenvalue weighted by Gasteiger charge is -2.20. The van der Waals surface area contributed by atoms with Crippen LogP contribution in [0.3, 0.4) is 0 Å². The van der Waals surface area contributed by atoms with E-state index in [2.05, 4.69) is 4.72 Å². The minimum Gasteiger partial charge on any atom is -0.493 e. The number of carbonyl (C=O) groups excluding carboxylic acids is 1. The van der Waals surface area contributed by atoms with Gasteiger partial charge in [0.05, 0.1) is 19.1 Å². The Hall–Kier alpha value is -1.80. The van der Waals surface area contributed by atoms with Gasteiger partial charge in [0.25, 0.3) is 0 Å². The summed E-state index contributed by atoms with van der Waals surface area (Å²) in [6, 6.07) is 4.66. The lowest BCUT2D eigenvalue weighted by Crippen LogP contribution is -2.38. The number of ether oxygens (including phenoxy) is 2. The van der Waals surface area contributed by atoms with Gasteiger partial charge in [0.2, 0.25) is 15.9 Å². The van der Waals surface area contributed by atoms with Crippen molar-refractivity contribution in [3.05, 3.63) is 18.2 Å². The molecule has 0 aliphatic heterocycles. The van der Waals surface area contributed by atoms with E-state index >= 15 is 0 Å². The van der Waals surface area contributed by atoms with Crippen molar-refractivity contribution in [3.8, 4) is 11.5 Å². The highest BCUT2D eigenvalue weighted by molar-refractivity contribution is 7.89. The number of nitrogens with one attached hydrogen (secondary N) is 1. The number of benzene rings is 1. The standard InChI is InChI=1S/C15H22N2O5S/c1-11(18)17(12-4-5-12)9-8-16-23(19,20)13-6-7-14(21-2)15(10-13)22-3/h6-7,10,12,16H,4-5,8-9H2,1-3H3. The summed E-state index contributed by atoms with van der Waals surface area (Å²) in [7, 11) is -0.737. The molecule has 0 heterocycles. The van der Waals surface area contributed by atoms with Gasteiger partial charge >= 0.3 is 0 Å². The summed E-state index contributed by atoms with van der Waals surface area (Å²) in [4.78, 5) is 13.3. The minimum absolute atomic E-state index is 0.0298. The first-order valence-electron chi connectivity index (χ1n) is 7.38. The average Bonchev–Trinajstić information content (AvgIpc) is 3.35. The van der Waals surface area contributed by atoms with Crippen LogP contribution in [0.25, 0.3) is 0 Å². The van der Waals surface area contributed by atoms with Gasteiger partial charge in [-0.25, -0.2) is 13.1 Å². The maximum Gasteiger partial charge on any atom is 0.240 e.